The molecule has 0 bridgehead atoms. The number of aromatic nitrogens is 2. The van der Waals surface area contributed by atoms with E-state index >= 15 is 0 Å². The molecule has 1 aromatic rings. The number of alkyl halides is 1. The van der Waals surface area contributed by atoms with Crippen LogP contribution in [0.4, 0.5) is 0 Å². The third-order valence-electron chi connectivity index (χ3n) is 1.38. The van der Waals surface area contributed by atoms with E-state index in [1.165, 1.54) is 0 Å². The summed E-state index contributed by atoms with van der Waals surface area (Å²) in [7, 11) is 0. The fraction of sp³-hybridized carbons (Fsp3) is 0.429. The first kappa shape index (κ1) is 10.3. The molecule has 6 heteroatoms. The van der Waals surface area contributed by atoms with Gasteiger partial charge in [-0.05, 0) is 6.92 Å². The Labute approximate surface area is 85.2 Å². The van der Waals surface area contributed by atoms with Crippen molar-refractivity contribution < 1.29 is 9.53 Å². The number of carbonyl (C=O) groups excluding carboxylic acids is 1. The highest BCUT2D eigenvalue weighted by Crippen LogP contribution is 2.20. The van der Waals surface area contributed by atoms with Gasteiger partial charge in [0.1, 0.15) is 0 Å². The second-order valence-electron chi connectivity index (χ2n) is 2.22. The van der Waals surface area contributed by atoms with Gasteiger partial charge in [0, 0.05) is 0 Å². The van der Waals surface area contributed by atoms with Crippen molar-refractivity contribution in [3.05, 3.63) is 16.4 Å². The third-order valence-corrected chi connectivity index (χ3v) is 2.05. The predicted molar refractivity (Wildman–Crippen MR) is 49.1 cm³/mol. The highest BCUT2D eigenvalue weighted by Gasteiger charge is 2.18. The van der Waals surface area contributed by atoms with Gasteiger partial charge in [0.05, 0.1) is 23.2 Å². The molecule has 0 atom stereocenters. The molecule has 1 rings (SSSR count). The lowest BCUT2D eigenvalue weighted by Gasteiger charge is -1.97. The van der Waals surface area contributed by atoms with Gasteiger partial charge in [0.25, 0.3) is 0 Å². The summed E-state index contributed by atoms with van der Waals surface area (Å²) in [6.07, 6.45) is 0. The fourth-order valence-electron chi connectivity index (χ4n) is 0.788. The maximum absolute atomic E-state index is 11.2. The molecule has 1 N–H and O–H groups in total. The van der Waals surface area contributed by atoms with E-state index in [1.807, 2.05) is 0 Å². The van der Waals surface area contributed by atoms with Crippen LogP contribution < -0.4 is 0 Å². The average Bonchev–Trinajstić information content (AvgIpc) is 2.47. The van der Waals surface area contributed by atoms with Gasteiger partial charge < -0.3 is 4.74 Å². The van der Waals surface area contributed by atoms with E-state index in [1.54, 1.807) is 6.92 Å². The largest absolute Gasteiger partial charge is 0.461 e. The number of aromatic amines is 1. The number of nitrogens with one attached hydrogen (secondary N) is 1. The predicted octanol–water partition coefficient (Wildman–Crippen LogP) is 1.98. The van der Waals surface area contributed by atoms with Gasteiger partial charge in [-0.15, -0.1) is 11.6 Å². The van der Waals surface area contributed by atoms with Gasteiger partial charge in [-0.3, -0.25) is 5.10 Å². The smallest absolute Gasteiger partial charge is 0.360 e. The van der Waals surface area contributed by atoms with E-state index < -0.39 is 5.97 Å². The first-order chi connectivity index (χ1) is 6.20. The molecule has 0 fully saturated rings. The molecule has 0 aliphatic heterocycles. The summed E-state index contributed by atoms with van der Waals surface area (Å²) in [5.74, 6) is -0.356. The van der Waals surface area contributed by atoms with Crippen molar-refractivity contribution >= 4 is 29.2 Å². The van der Waals surface area contributed by atoms with Crippen LogP contribution in [-0.2, 0) is 10.6 Å². The summed E-state index contributed by atoms with van der Waals surface area (Å²) in [5, 5.41) is 6.47. The molecule has 1 heterocycles. The zero-order valence-electron chi connectivity index (χ0n) is 6.93. The molecule has 1 aromatic heterocycles. The van der Waals surface area contributed by atoms with Gasteiger partial charge in [0.15, 0.2) is 5.69 Å². The van der Waals surface area contributed by atoms with Crippen molar-refractivity contribution in [2.24, 2.45) is 0 Å². The van der Waals surface area contributed by atoms with Gasteiger partial charge in [0.2, 0.25) is 0 Å². The molecule has 0 spiro atoms. The maximum Gasteiger partial charge on any atom is 0.360 e. The Balaban J connectivity index is 2.89. The van der Waals surface area contributed by atoms with Crippen LogP contribution >= 0.6 is 23.2 Å². The number of ether oxygens (including phenoxy) is 1. The maximum atomic E-state index is 11.2. The third kappa shape index (κ3) is 2.14. The molecule has 0 aliphatic carbocycles. The van der Waals surface area contributed by atoms with E-state index in [0.29, 0.717) is 5.69 Å². The standard InChI is InChI=1S/C7H8Cl2N2O2/c1-2-13-7(12)6-5(9)4(3-8)10-11-6/h2-3H2,1H3,(H,10,11). The van der Waals surface area contributed by atoms with E-state index in [2.05, 4.69) is 10.2 Å². The SMILES string of the molecule is CCOC(=O)c1n[nH]c(CCl)c1Cl. The van der Waals surface area contributed by atoms with Crippen molar-refractivity contribution in [1.29, 1.82) is 0 Å². The molecule has 0 radical (unpaired) electrons. The summed E-state index contributed by atoms with van der Waals surface area (Å²) in [4.78, 5) is 11.2. The van der Waals surface area contributed by atoms with Crippen molar-refractivity contribution in [3.8, 4) is 0 Å². The molecular weight excluding hydrogens is 215 g/mol. The zero-order valence-corrected chi connectivity index (χ0v) is 8.45. The highest BCUT2D eigenvalue weighted by atomic mass is 35.5. The van der Waals surface area contributed by atoms with Crippen LogP contribution in [0.5, 0.6) is 0 Å². The molecule has 0 amide bonds. The lowest BCUT2D eigenvalue weighted by molar-refractivity contribution is 0.0519. The van der Waals surface area contributed by atoms with Gasteiger partial charge in [-0.2, -0.15) is 5.10 Å². The minimum Gasteiger partial charge on any atom is -0.461 e. The molecule has 0 saturated heterocycles. The van der Waals surface area contributed by atoms with Crippen molar-refractivity contribution in [2.45, 2.75) is 12.8 Å². The van der Waals surface area contributed by atoms with Gasteiger partial charge >= 0.3 is 5.97 Å². The first-order valence-electron chi connectivity index (χ1n) is 3.66. The topological polar surface area (TPSA) is 55.0 Å². The monoisotopic (exact) mass is 222 g/mol. The molecule has 0 unspecified atom stereocenters. The Bertz CT molecular complexity index is 311. The zero-order chi connectivity index (χ0) is 9.84. The lowest BCUT2D eigenvalue weighted by atomic mass is 10.4. The number of nitrogens with zero attached hydrogens (tertiary/aromatic N) is 1. The summed E-state index contributed by atoms with van der Waals surface area (Å²) in [6.45, 7) is 2.00. The van der Waals surface area contributed by atoms with Crippen LogP contribution in [0.3, 0.4) is 0 Å². The minimum atomic E-state index is -0.542. The fourth-order valence-corrected chi connectivity index (χ4v) is 1.28. The van der Waals surface area contributed by atoms with Gasteiger partial charge in [-0.25, -0.2) is 4.79 Å². The van der Waals surface area contributed by atoms with Crippen LogP contribution in [0, 0.1) is 0 Å². The second kappa shape index (κ2) is 4.48. The Hall–Kier alpha value is -0.740. The van der Waals surface area contributed by atoms with Crippen LogP contribution in [0.15, 0.2) is 0 Å². The van der Waals surface area contributed by atoms with Crippen molar-refractivity contribution in [3.63, 3.8) is 0 Å². The lowest BCUT2D eigenvalue weighted by Crippen LogP contribution is -2.05. The molecule has 0 aliphatic rings. The summed E-state index contributed by atoms with van der Waals surface area (Å²) < 4.78 is 4.72. The Kier molecular flexibility index (Phi) is 3.57. The average molecular weight is 223 g/mol. The molecular formula is C7H8Cl2N2O2. The number of hydrogen-bond acceptors (Lipinski definition) is 3. The number of carbonyl (C=O) groups is 1. The van der Waals surface area contributed by atoms with E-state index in [0.717, 1.165) is 0 Å². The molecule has 72 valence electrons. The van der Waals surface area contributed by atoms with Crippen LogP contribution in [0.25, 0.3) is 0 Å². The molecule has 0 saturated carbocycles. The van der Waals surface area contributed by atoms with E-state index in [4.69, 9.17) is 27.9 Å². The summed E-state index contributed by atoms with van der Waals surface area (Å²) >= 11 is 11.3. The second-order valence-corrected chi connectivity index (χ2v) is 2.86. The number of H-pyrrole nitrogens is 1. The van der Waals surface area contributed by atoms with Crippen LogP contribution in [0.2, 0.25) is 5.02 Å². The van der Waals surface area contributed by atoms with E-state index in [9.17, 15) is 4.79 Å². The van der Waals surface area contributed by atoms with Crippen LogP contribution in [0.1, 0.15) is 23.1 Å². The Morgan fingerprint density at radius 3 is 2.85 bits per heavy atom. The molecule has 13 heavy (non-hydrogen) atoms. The summed E-state index contributed by atoms with van der Waals surface area (Å²) in [6, 6.07) is 0. The van der Waals surface area contributed by atoms with Crippen molar-refractivity contribution in [2.75, 3.05) is 6.61 Å². The molecule has 4 nitrogen and oxygen atoms in total. The van der Waals surface area contributed by atoms with Crippen LogP contribution in [-0.4, -0.2) is 22.8 Å². The number of esters is 1. The summed E-state index contributed by atoms with van der Waals surface area (Å²) in [5.41, 5.74) is 0.602. The molecule has 0 aromatic carbocycles. The quantitative estimate of drug-likeness (QED) is 0.629. The van der Waals surface area contributed by atoms with Crippen molar-refractivity contribution in [1.82, 2.24) is 10.2 Å². The highest BCUT2D eigenvalue weighted by molar-refractivity contribution is 6.34. The van der Waals surface area contributed by atoms with Gasteiger partial charge in [-0.1, -0.05) is 11.6 Å². The Morgan fingerprint density at radius 2 is 2.38 bits per heavy atom. The number of rotatable bonds is 3. The van der Waals surface area contributed by atoms with E-state index in [-0.39, 0.29) is 23.2 Å². The minimum absolute atomic E-state index is 0.0826. The normalized spacial score (nSPS) is 10.1. The first-order valence-corrected chi connectivity index (χ1v) is 4.57. The Morgan fingerprint density at radius 1 is 1.69 bits per heavy atom. The number of hydrogen-bond donors (Lipinski definition) is 1. The number of halogens is 2.